The molecular weight excluding hydrogens is 309 g/mol. The molecule has 0 aliphatic carbocycles. The summed E-state index contributed by atoms with van der Waals surface area (Å²) < 4.78 is 39.2. The Labute approximate surface area is 132 Å². The Bertz CT molecular complexity index is 601. The number of halogens is 3. The van der Waals surface area contributed by atoms with Gasteiger partial charge in [-0.15, -0.1) is 0 Å². The molecule has 2 rings (SSSR count). The number of alkyl halides is 3. The zero-order chi connectivity index (χ0) is 17.2. The Morgan fingerprint density at radius 3 is 2.48 bits per heavy atom. The first-order chi connectivity index (χ1) is 10.8. The van der Waals surface area contributed by atoms with Crippen molar-refractivity contribution in [1.29, 1.82) is 0 Å². The minimum atomic E-state index is -4.49. The molecule has 23 heavy (non-hydrogen) atoms. The quantitative estimate of drug-likeness (QED) is 0.853. The zero-order valence-electron chi connectivity index (χ0n) is 13.1. The normalized spacial score (nSPS) is 19.4. The van der Waals surface area contributed by atoms with Crippen molar-refractivity contribution < 1.29 is 22.8 Å². The highest BCUT2D eigenvalue weighted by Gasteiger charge is 2.38. The maximum Gasteiger partial charge on any atom is 0.416 e. The third kappa shape index (κ3) is 3.65. The molecule has 1 aliphatic heterocycles. The number of carbonyl (C=O) groups is 2. The van der Waals surface area contributed by atoms with E-state index in [2.05, 4.69) is 0 Å². The molecule has 1 aliphatic rings. The molecule has 7 heteroatoms. The first-order valence-electron chi connectivity index (χ1n) is 7.49. The highest BCUT2D eigenvalue weighted by atomic mass is 19.4. The average molecular weight is 328 g/mol. The number of benzene rings is 1. The van der Waals surface area contributed by atoms with Gasteiger partial charge in [0.25, 0.3) is 0 Å². The second kappa shape index (κ2) is 6.60. The van der Waals surface area contributed by atoms with E-state index in [1.165, 1.54) is 28.0 Å². The van der Waals surface area contributed by atoms with Crippen molar-refractivity contribution in [1.82, 2.24) is 9.80 Å². The largest absolute Gasteiger partial charge is 0.416 e. The van der Waals surface area contributed by atoms with Gasteiger partial charge in [-0.1, -0.05) is 25.1 Å². The summed E-state index contributed by atoms with van der Waals surface area (Å²) in [6.45, 7) is 3.63. The van der Waals surface area contributed by atoms with Crippen LogP contribution in [0.15, 0.2) is 24.3 Å². The molecule has 1 fully saturated rings. The summed E-state index contributed by atoms with van der Waals surface area (Å²) in [5, 5.41) is 0. The maximum absolute atomic E-state index is 13.1. The maximum atomic E-state index is 13.1. The minimum absolute atomic E-state index is 0.00283. The van der Waals surface area contributed by atoms with E-state index in [0.717, 1.165) is 12.5 Å². The third-order valence-electron chi connectivity index (χ3n) is 3.94. The Hall–Kier alpha value is -2.05. The molecule has 0 bridgehead atoms. The molecular formula is C16H19F3N2O2. The van der Waals surface area contributed by atoms with E-state index in [-0.39, 0.29) is 30.5 Å². The van der Waals surface area contributed by atoms with Crippen LogP contribution in [0.5, 0.6) is 0 Å². The standard InChI is InChI=1S/C16H19F3N2O2/c1-3-8-20-10-14(22)21(11(2)15(20)23)9-12-6-4-5-7-13(12)16(17,18)19/h4-7,11H,3,8-10H2,1-2H3/t11-/m1/s1. The molecule has 1 heterocycles. The molecule has 1 saturated heterocycles. The van der Waals surface area contributed by atoms with Crippen LogP contribution in [-0.4, -0.2) is 40.7 Å². The van der Waals surface area contributed by atoms with Crippen molar-refractivity contribution in [2.24, 2.45) is 0 Å². The number of rotatable bonds is 4. The molecule has 1 atom stereocenters. The molecule has 0 unspecified atom stereocenters. The fourth-order valence-corrected chi connectivity index (χ4v) is 2.75. The predicted molar refractivity (Wildman–Crippen MR) is 78.3 cm³/mol. The van der Waals surface area contributed by atoms with E-state index in [4.69, 9.17) is 0 Å². The van der Waals surface area contributed by atoms with Crippen molar-refractivity contribution in [3.63, 3.8) is 0 Å². The Balaban J connectivity index is 2.24. The molecule has 0 saturated carbocycles. The van der Waals surface area contributed by atoms with E-state index in [9.17, 15) is 22.8 Å². The van der Waals surface area contributed by atoms with Gasteiger partial charge >= 0.3 is 6.18 Å². The van der Waals surface area contributed by atoms with E-state index < -0.39 is 17.8 Å². The molecule has 126 valence electrons. The van der Waals surface area contributed by atoms with E-state index >= 15 is 0 Å². The topological polar surface area (TPSA) is 40.6 Å². The van der Waals surface area contributed by atoms with Gasteiger partial charge in [-0.25, -0.2) is 0 Å². The van der Waals surface area contributed by atoms with Crippen LogP contribution in [0.4, 0.5) is 13.2 Å². The number of nitrogens with zero attached hydrogens (tertiary/aromatic N) is 2. The van der Waals surface area contributed by atoms with E-state index in [1.807, 2.05) is 6.92 Å². The molecule has 0 aromatic heterocycles. The van der Waals surface area contributed by atoms with E-state index in [0.29, 0.717) is 6.54 Å². The van der Waals surface area contributed by atoms with Crippen molar-refractivity contribution in [2.45, 2.75) is 39.0 Å². The molecule has 1 aromatic carbocycles. The number of amides is 2. The second-order valence-electron chi connectivity index (χ2n) is 5.61. The Kier molecular flexibility index (Phi) is 4.97. The van der Waals surface area contributed by atoms with Crippen LogP contribution in [0.25, 0.3) is 0 Å². The first kappa shape index (κ1) is 17.3. The van der Waals surface area contributed by atoms with E-state index in [1.54, 1.807) is 6.92 Å². The lowest BCUT2D eigenvalue weighted by Crippen LogP contribution is -2.58. The summed E-state index contributed by atoms with van der Waals surface area (Å²) in [5.41, 5.74) is -0.777. The van der Waals surface area contributed by atoms with Gasteiger partial charge in [0.05, 0.1) is 12.1 Å². The van der Waals surface area contributed by atoms with Crippen LogP contribution in [0.1, 0.15) is 31.4 Å². The molecule has 1 aromatic rings. The highest BCUT2D eigenvalue weighted by Crippen LogP contribution is 2.33. The molecule has 4 nitrogen and oxygen atoms in total. The van der Waals surface area contributed by atoms with Gasteiger partial charge in [-0.3, -0.25) is 9.59 Å². The van der Waals surface area contributed by atoms with Gasteiger partial charge in [0, 0.05) is 13.1 Å². The van der Waals surface area contributed by atoms with Crippen LogP contribution in [0.2, 0.25) is 0 Å². The lowest BCUT2D eigenvalue weighted by Gasteiger charge is -2.39. The lowest BCUT2D eigenvalue weighted by molar-refractivity contribution is -0.156. The van der Waals surface area contributed by atoms with Gasteiger partial charge in [0.15, 0.2) is 0 Å². The zero-order valence-corrected chi connectivity index (χ0v) is 13.1. The SMILES string of the molecule is CCCN1CC(=O)N(Cc2ccccc2C(F)(F)F)[C@H](C)C1=O. The number of carbonyl (C=O) groups excluding carboxylic acids is 2. The molecule has 0 N–H and O–H groups in total. The number of hydrogen-bond acceptors (Lipinski definition) is 2. The van der Waals surface area contributed by atoms with Crippen molar-refractivity contribution >= 4 is 11.8 Å². The molecule has 0 radical (unpaired) electrons. The lowest BCUT2D eigenvalue weighted by atomic mass is 10.0. The summed E-state index contributed by atoms with van der Waals surface area (Å²) in [4.78, 5) is 27.2. The van der Waals surface area contributed by atoms with Crippen LogP contribution in [-0.2, 0) is 22.3 Å². The second-order valence-corrected chi connectivity index (χ2v) is 5.61. The summed E-state index contributed by atoms with van der Waals surface area (Å²) in [6.07, 6.45) is -3.76. The fraction of sp³-hybridized carbons (Fsp3) is 0.500. The predicted octanol–water partition coefficient (Wildman–Crippen LogP) is 2.67. The first-order valence-corrected chi connectivity index (χ1v) is 7.49. The molecule has 2 amide bonds. The van der Waals surface area contributed by atoms with Crippen LogP contribution in [0.3, 0.4) is 0 Å². The minimum Gasteiger partial charge on any atom is -0.332 e. The highest BCUT2D eigenvalue weighted by molar-refractivity contribution is 5.94. The summed E-state index contributed by atoms with van der Waals surface area (Å²) in [6, 6.07) is 4.37. The van der Waals surface area contributed by atoms with Gasteiger partial charge in [0.2, 0.25) is 11.8 Å². The monoisotopic (exact) mass is 328 g/mol. The van der Waals surface area contributed by atoms with Crippen LogP contribution >= 0.6 is 0 Å². The van der Waals surface area contributed by atoms with Crippen LogP contribution in [0, 0.1) is 0 Å². The Morgan fingerprint density at radius 1 is 1.22 bits per heavy atom. The van der Waals surface area contributed by atoms with Crippen LogP contribution < -0.4 is 0 Å². The summed E-state index contributed by atoms with van der Waals surface area (Å²) >= 11 is 0. The average Bonchev–Trinajstić information content (AvgIpc) is 2.48. The van der Waals surface area contributed by atoms with Gasteiger partial charge in [-0.05, 0) is 25.0 Å². The summed E-state index contributed by atoms with van der Waals surface area (Å²) in [5.74, 6) is -0.557. The summed E-state index contributed by atoms with van der Waals surface area (Å²) in [7, 11) is 0. The van der Waals surface area contributed by atoms with Gasteiger partial charge in [0.1, 0.15) is 6.04 Å². The third-order valence-corrected chi connectivity index (χ3v) is 3.94. The van der Waals surface area contributed by atoms with Crippen molar-refractivity contribution in [3.8, 4) is 0 Å². The molecule has 0 spiro atoms. The smallest absolute Gasteiger partial charge is 0.332 e. The van der Waals surface area contributed by atoms with Gasteiger partial charge in [-0.2, -0.15) is 13.2 Å². The number of piperazine rings is 1. The number of hydrogen-bond donors (Lipinski definition) is 0. The Morgan fingerprint density at radius 2 is 1.87 bits per heavy atom. The van der Waals surface area contributed by atoms with Gasteiger partial charge < -0.3 is 9.80 Å². The van der Waals surface area contributed by atoms with Crippen molar-refractivity contribution in [3.05, 3.63) is 35.4 Å². The fourth-order valence-electron chi connectivity index (χ4n) is 2.75. The van der Waals surface area contributed by atoms with Crippen molar-refractivity contribution in [2.75, 3.05) is 13.1 Å².